The summed E-state index contributed by atoms with van der Waals surface area (Å²) in [7, 11) is 0. The minimum atomic E-state index is -0.921. The van der Waals surface area contributed by atoms with E-state index in [1.807, 2.05) is 0 Å². The third-order valence-electron chi connectivity index (χ3n) is 1.44. The largest absolute Gasteiger partial charge is 0.394 e. The van der Waals surface area contributed by atoms with E-state index in [1.54, 1.807) is 0 Å². The van der Waals surface area contributed by atoms with Gasteiger partial charge in [0.1, 0.15) is 18.3 Å². The first-order chi connectivity index (χ1) is 4.25. The van der Waals surface area contributed by atoms with Crippen molar-refractivity contribution in [3.05, 3.63) is 0 Å². The van der Waals surface area contributed by atoms with Gasteiger partial charge in [-0.2, -0.15) is 0 Å². The maximum atomic E-state index is 8.92. The van der Waals surface area contributed by atoms with Gasteiger partial charge in [0.25, 0.3) is 0 Å². The molecule has 0 aromatic rings. The van der Waals surface area contributed by atoms with Crippen LogP contribution in [0.5, 0.6) is 0 Å². The lowest BCUT2D eigenvalue weighted by Crippen LogP contribution is -2.31. The zero-order chi connectivity index (χ0) is 6.85. The van der Waals surface area contributed by atoms with E-state index >= 15 is 0 Å². The smallest absolute Gasteiger partial charge is 0.110 e. The van der Waals surface area contributed by atoms with Crippen LogP contribution in [-0.2, 0) is 4.74 Å². The summed E-state index contributed by atoms with van der Waals surface area (Å²) >= 11 is 0. The van der Waals surface area contributed by atoms with Crippen LogP contribution in [0.15, 0.2) is 0 Å². The number of rotatable bonds is 1. The molecule has 1 saturated heterocycles. The minimum Gasteiger partial charge on any atom is -0.394 e. The molecule has 0 spiro atoms. The van der Waals surface area contributed by atoms with Crippen molar-refractivity contribution >= 4 is 0 Å². The molecular formula is C5H10O4. The van der Waals surface area contributed by atoms with Crippen LogP contribution < -0.4 is 0 Å². The predicted octanol–water partition coefficient (Wildman–Crippen LogP) is -1.90. The third kappa shape index (κ3) is 1.21. The monoisotopic (exact) mass is 134 g/mol. The molecule has 0 bridgehead atoms. The summed E-state index contributed by atoms with van der Waals surface area (Å²) in [5, 5.41) is 26.2. The van der Waals surface area contributed by atoms with Crippen LogP contribution in [0.2, 0.25) is 0 Å². The van der Waals surface area contributed by atoms with Crippen molar-refractivity contribution in [1.29, 1.82) is 0 Å². The first-order valence-electron chi connectivity index (χ1n) is 2.84. The van der Waals surface area contributed by atoms with Crippen LogP contribution in [0.3, 0.4) is 0 Å². The maximum Gasteiger partial charge on any atom is 0.110 e. The lowest BCUT2D eigenvalue weighted by molar-refractivity contribution is -0.00588. The highest BCUT2D eigenvalue weighted by molar-refractivity contribution is 4.81. The molecular weight excluding hydrogens is 124 g/mol. The van der Waals surface area contributed by atoms with Crippen molar-refractivity contribution in [1.82, 2.24) is 0 Å². The zero-order valence-electron chi connectivity index (χ0n) is 4.90. The molecule has 1 aliphatic rings. The van der Waals surface area contributed by atoms with E-state index in [-0.39, 0.29) is 13.2 Å². The van der Waals surface area contributed by atoms with Crippen LogP contribution in [0, 0.1) is 0 Å². The Labute approximate surface area is 52.7 Å². The van der Waals surface area contributed by atoms with Crippen LogP contribution >= 0.6 is 0 Å². The zero-order valence-corrected chi connectivity index (χ0v) is 4.90. The summed E-state index contributed by atoms with van der Waals surface area (Å²) in [4.78, 5) is 0. The molecule has 0 aromatic heterocycles. The van der Waals surface area contributed by atoms with E-state index in [4.69, 9.17) is 20.1 Å². The average Bonchev–Trinajstić information content (AvgIpc) is 2.15. The van der Waals surface area contributed by atoms with Gasteiger partial charge in [0.05, 0.1) is 13.2 Å². The van der Waals surface area contributed by atoms with Crippen LogP contribution in [0.25, 0.3) is 0 Å². The summed E-state index contributed by atoms with van der Waals surface area (Å²) in [5.41, 5.74) is 0. The van der Waals surface area contributed by atoms with Gasteiger partial charge in [-0.1, -0.05) is 0 Å². The van der Waals surface area contributed by atoms with Gasteiger partial charge in [-0.25, -0.2) is 0 Å². The van der Waals surface area contributed by atoms with E-state index in [1.165, 1.54) is 0 Å². The molecule has 1 rings (SSSR count). The molecule has 0 aromatic carbocycles. The summed E-state index contributed by atoms with van der Waals surface area (Å²) in [5.74, 6) is 0. The number of hydrogen-bond acceptors (Lipinski definition) is 4. The van der Waals surface area contributed by atoms with Gasteiger partial charge < -0.3 is 20.1 Å². The second kappa shape index (κ2) is 2.62. The van der Waals surface area contributed by atoms with E-state index in [0.29, 0.717) is 0 Å². The highest BCUT2D eigenvalue weighted by Crippen LogP contribution is 2.12. The molecule has 9 heavy (non-hydrogen) atoms. The predicted molar refractivity (Wildman–Crippen MR) is 28.8 cm³/mol. The van der Waals surface area contributed by atoms with Crippen molar-refractivity contribution in [2.24, 2.45) is 0 Å². The Kier molecular flexibility index (Phi) is 2.02. The summed E-state index contributed by atoms with van der Waals surface area (Å²) in [6.45, 7) is -0.120. The molecule has 1 unspecified atom stereocenters. The van der Waals surface area contributed by atoms with Crippen molar-refractivity contribution in [3.8, 4) is 0 Å². The van der Waals surface area contributed by atoms with Crippen LogP contribution in [0.1, 0.15) is 0 Å². The Hall–Kier alpha value is -0.160. The molecule has 0 amide bonds. The van der Waals surface area contributed by atoms with Crippen LogP contribution in [0.4, 0.5) is 0 Å². The Morgan fingerprint density at radius 3 is 2.33 bits per heavy atom. The summed E-state index contributed by atoms with van der Waals surface area (Å²) in [6, 6.07) is 0. The van der Waals surface area contributed by atoms with E-state index in [9.17, 15) is 0 Å². The van der Waals surface area contributed by atoms with Gasteiger partial charge in [-0.3, -0.25) is 0 Å². The molecule has 3 atom stereocenters. The molecule has 0 saturated carbocycles. The number of hydrogen-bond donors (Lipinski definition) is 3. The Bertz CT molecular complexity index is 95.0. The second-order valence-corrected chi connectivity index (χ2v) is 2.11. The highest BCUT2D eigenvalue weighted by atomic mass is 16.5. The quantitative estimate of drug-likeness (QED) is 0.392. The van der Waals surface area contributed by atoms with Crippen molar-refractivity contribution < 1.29 is 20.1 Å². The number of aliphatic hydroxyl groups excluding tert-OH is 3. The van der Waals surface area contributed by atoms with Crippen molar-refractivity contribution in [2.45, 2.75) is 18.3 Å². The van der Waals surface area contributed by atoms with E-state index in [2.05, 4.69) is 0 Å². The maximum absolute atomic E-state index is 8.92. The van der Waals surface area contributed by atoms with Gasteiger partial charge in [-0.05, 0) is 0 Å². The number of ether oxygens (including phenoxy) is 1. The highest BCUT2D eigenvalue weighted by Gasteiger charge is 2.33. The Morgan fingerprint density at radius 2 is 2.11 bits per heavy atom. The third-order valence-corrected chi connectivity index (χ3v) is 1.44. The van der Waals surface area contributed by atoms with E-state index < -0.39 is 18.3 Å². The summed E-state index contributed by atoms with van der Waals surface area (Å²) < 4.78 is 4.78. The average molecular weight is 134 g/mol. The molecule has 3 N–H and O–H groups in total. The SMILES string of the molecule is OCC1OC[C@H](O)[C@@H]1O. The fraction of sp³-hybridized carbons (Fsp3) is 1.00. The van der Waals surface area contributed by atoms with Gasteiger partial charge in [0.2, 0.25) is 0 Å². The van der Waals surface area contributed by atoms with Crippen LogP contribution in [-0.4, -0.2) is 46.8 Å². The first kappa shape index (κ1) is 6.95. The standard InChI is InChI=1S/C5H10O4/c6-1-4-5(8)3(7)2-9-4/h3-8H,1-2H2/t3-,4?,5-/m0/s1. The topological polar surface area (TPSA) is 69.9 Å². The molecule has 0 radical (unpaired) electrons. The summed E-state index contributed by atoms with van der Waals surface area (Å²) in [6.07, 6.45) is -2.35. The van der Waals surface area contributed by atoms with Gasteiger partial charge in [-0.15, -0.1) is 0 Å². The minimum absolute atomic E-state index is 0.117. The lowest BCUT2D eigenvalue weighted by Gasteiger charge is -2.10. The molecule has 4 nitrogen and oxygen atoms in total. The fourth-order valence-corrected chi connectivity index (χ4v) is 0.828. The van der Waals surface area contributed by atoms with Crippen molar-refractivity contribution in [3.63, 3.8) is 0 Å². The normalized spacial score (nSPS) is 43.7. The molecule has 1 aliphatic heterocycles. The van der Waals surface area contributed by atoms with Gasteiger partial charge in [0.15, 0.2) is 0 Å². The molecule has 1 heterocycles. The number of aliphatic hydroxyl groups is 3. The second-order valence-electron chi connectivity index (χ2n) is 2.11. The Balaban J connectivity index is 2.41. The molecule has 0 aliphatic carbocycles. The fourth-order valence-electron chi connectivity index (χ4n) is 0.828. The Morgan fingerprint density at radius 1 is 1.44 bits per heavy atom. The van der Waals surface area contributed by atoms with Gasteiger partial charge in [0, 0.05) is 0 Å². The van der Waals surface area contributed by atoms with E-state index in [0.717, 1.165) is 0 Å². The van der Waals surface area contributed by atoms with Crippen molar-refractivity contribution in [2.75, 3.05) is 13.2 Å². The van der Waals surface area contributed by atoms with Gasteiger partial charge >= 0.3 is 0 Å². The molecule has 54 valence electrons. The first-order valence-corrected chi connectivity index (χ1v) is 2.84. The molecule has 4 heteroatoms. The molecule has 1 fully saturated rings. The lowest BCUT2D eigenvalue weighted by atomic mass is 10.2.